The fraction of sp³-hybridized carbons (Fsp3) is 0.407. The van der Waals surface area contributed by atoms with Crippen molar-refractivity contribution in [1.29, 1.82) is 0 Å². The molecule has 63 heavy (non-hydrogen) atoms. The van der Waals surface area contributed by atoms with Crippen molar-refractivity contribution in [2.24, 2.45) is 0 Å². The second-order valence-corrected chi connectivity index (χ2v) is 22.5. The maximum absolute atomic E-state index is 5.96. The van der Waals surface area contributed by atoms with Crippen LogP contribution in [0.25, 0.3) is 49.3 Å². The molecule has 6 nitrogen and oxygen atoms in total. The largest absolute Gasteiger partial charge is 0.465 e. The minimum atomic E-state index is 0.0956. The van der Waals surface area contributed by atoms with Gasteiger partial charge in [-0.15, -0.1) is 22.7 Å². The molecule has 0 saturated carbocycles. The number of rotatable bonds is 9. The number of fused-ring (bicyclic) bond motifs is 6. The predicted octanol–water partition coefficient (Wildman–Crippen LogP) is 16.6. The zero-order valence-electron chi connectivity index (χ0n) is 39.8. The van der Waals surface area contributed by atoms with Crippen molar-refractivity contribution in [3.05, 3.63) is 121 Å². The molecule has 8 rings (SSSR count). The van der Waals surface area contributed by atoms with Gasteiger partial charge in [0.2, 0.25) is 0 Å². The Labute approximate surface area is 392 Å². The van der Waals surface area contributed by atoms with E-state index in [4.69, 9.17) is 18.9 Å². The summed E-state index contributed by atoms with van der Waals surface area (Å²) >= 11 is 6.60. The van der Waals surface area contributed by atoms with E-state index in [2.05, 4.69) is 192 Å². The van der Waals surface area contributed by atoms with E-state index >= 15 is 0 Å². The van der Waals surface area contributed by atoms with Crippen molar-refractivity contribution < 1.29 is 18.9 Å². The molecule has 0 spiro atoms. The standard InChI is InChI=1S/C27H33NO2S.C20H25N.C7H9BrO2S/c1-8-29-17-30-25-16-31-15-24(25)28-22-11-9-18(26(2,3)4)13-20(22)21-14-19(27(5,6)7)10-12-23(21)28;1-19(2,3)13-7-9-17-15(11-13)16-12-14(20(4,5)6)8-10-18(16)21-17;1-2-9-5-10-7-4-11-3-6(7)8/h9-16H,8,17H2,1-7H3;7-12,21H,1-6H3;3-4H,2,5H2,1H3. The molecule has 9 heteroatoms. The number of nitrogens with zero attached hydrogens (tertiary/aromatic N) is 1. The lowest BCUT2D eigenvalue weighted by Crippen LogP contribution is -2.10. The smallest absolute Gasteiger partial charge is 0.189 e. The van der Waals surface area contributed by atoms with Crippen LogP contribution in [0.2, 0.25) is 0 Å². The first kappa shape index (κ1) is 48.3. The summed E-state index contributed by atoms with van der Waals surface area (Å²) in [4.78, 5) is 3.54. The number of hydrogen-bond acceptors (Lipinski definition) is 6. The molecule has 0 amide bonds. The summed E-state index contributed by atoms with van der Waals surface area (Å²) in [7, 11) is 0. The molecular formula is C54H67BrN2O4S2. The first-order valence-corrected chi connectivity index (χ1v) is 24.6. The number of hydrogen-bond donors (Lipinski definition) is 1. The van der Waals surface area contributed by atoms with E-state index in [1.165, 1.54) is 65.9 Å². The number of H-pyrrole nitrogens is 1. The Morgan fingerprint density at radius 1 is 0.492 bits per heavy atom. The Bertz CT molecular complexity index is 2640. The Kier molecular flexibility index (Phi) is 15.0. The van der Waals surface area contributed by atoms with Crippen molar-refractivity contribution in [3.8, 4) is 17.2 Å². The van der Waals surface area contributed by atoms with Crippen LogP contribution >= 0.6 is 38.6 Å². The van der Waals surface area contributed by atoms with Gasteiger partial charge in [0.05, 0.1) is 21.2 Å². The number of aromatic amines is 1. The Morgan fingerprint density at radius 2 is 0.873 bits per heavy atom. The van der Waals surface area contributed by atoms with Crippen LogP contribution in [0.3, 0.4) is 0 Å². The lowest BCUT2D eigenvalue weighted by atomic mass is 9.85. The predicted molar refractivity (Wildman–Crippen MR) is 276 cm³/mol. The summed E-state index contributed by atoms with van der Waals surface area (Å²) in [6, 6.07) is 27.4. The summed E-state index contributed by atoms with van der Waals surface area (Å²) < 4.78 is 25.0. The Hall–Kier alpha value is -4.12. The normalized spacial score (nSPS) is 12.4. The average molecular weight is 952 g/mol. The molecule has 4 aromatic carbocycles. The van der Waals surface area contributed by atoms with Crippen molar-refractivity contribution in [1.82, 2.24) is 9.55 Å². The van der Waals surface area contributed by atoms with Crippen molar-refractivity contribution in [3.63, 3.8) is 0 Å². The highest BCUT2D eigenvalue weighted by Crippen LogP contribution is 2.41. The molecule has 0 bridgehead atoms. The fourth-order valence-corrected chi connectivity index (χ4v) is 9.40. The van der Waals surface area contributed by atoms with Gasteiger partial charge in [0.25, 0.3) is 0 Å². The molecule has 0 radical (unpaired) electrons. The van der Waals surface area contributed by atoms with Gasteiger partial charge in [0.15, 0.2) is 19.3 Å². The summed E-state index contributed by atoms with van der Waals surface area (Å²) in [5.74, 6) is 1.71. The minimum Gasteiger partial charge on any atom is -0.465 e. The van der Waals surface area contributed by atoms with Crippen molar-refractivity contribution in [2.45, 2.75) is 119 Å². The number of nitrogens with one attached hydrogen (secondary N) is 1. The maximum Gasteiger partial charge on any atom is 0.189 e. The van der Waals surface area contributed by atoms with Gasteiger partial charge in [-0.3, -0.25) is 0 Å². The molecule has 0 aliphatic carbocycles. The molecule has 4 heterocycles. The third-order valence-electron chi connectivity index (χ3n) is 11.3. The van der Waals surface area contributed by atoms with E-state index in [0.29, 0.717) is 20.0 Å². The first-order chi connectivity index (χ1) is 29.6. The number of thiophene rings is 2. The molecule has 0 saturated heterocycles. The van der Waals surface area contributed by atoms with Gasteiger partial charge < -0.3 is 28.5 Å². The molecule has 0 fully saturated rings. The molecular weight excluding hydrogens is 885 g/mol. The van der Waals surface area contributed by atoms with E-state index in [1.54, 1.807) is 22.7 Å². The number of benzene rings is 4. The first-order valence-electron chi connectivity index (χ1n) is 22.0. The van der Waals surface area contributed by atoms with E-state index < -0.39 is 0 Å². The van der Waals surface area contributed by atoms with Crippen LogP contribution in [-0.2, 0) is 31.1 Å². The number of ether oxygens (including phenoxy) is 4. The second-order valence-electron chi connectivity index (χ2n) is 20.2. The SMILES string of the molecule is CC(C)(C)c1ccc2[nH]c3ccc(C(C)(C)C)cc3c2c1.CCOCOc1cscc1-n1c2ccc(C(C)(C)C)cc2c2cc(C(C)(C)C)ccc21.CCOCOc1cscc1Br. The highest BCUT2D eigenvalue weighted by atomic mass is 79.9. The van der Waals surface area contributed by atoms with E-state index in [1.807, 2.05) is 24.6 Å². The maximum atomic E-state index is 5.96. The molecule has 336 valence electrons. The zero-order valence-corrected chi connectivity index (χ0v) is 43.1. The van der Waals surface area contributed by atoms with Crippen LogP contribution in [0.15, 0.2) is 98.8 Å². The quantitative estimate of drug-likeness (QED) is 0.116. The molecule has 1 N–H and O–H groups in total. The van der Waals surface area contributed by atoms with Crippen LogP contribution in [0.4, 0.5) is 0 Å². The molecule has 4 aromatic heterocycles. The van der Waals surface area contributed by atoms with Gasteiger partial charge in [-0.1, -0.05) is 107 Å². The van der Waals surface area contributed by atoms with E-state index in [9.17, 15) is 0 Å². The summed E-state index contributed by atoms with van der Waals surface area (Å²) in [6.07, 6.45) is 0. The Morgan fingerprint density at radius 3 is 1.27 bits per heavy atom. The fourth-order valence-electron chi connectivity index (χ4n) is 7.35. The lowest BCUT2D eigenvalue weighted by molar-refractivity contribution is 0.0221. The number of aromatic nitrogens is 2. The van der Waals surface area contributed by atoms with Gasteiger partial charge in [0, 0.05) is 67.3 Å². The number of halogens is 1. The monoisotopic (exact) mass is 950 g/mol. The van der Waals surface area contributed by atoms with E-state index in [0.717, 1.165) is 21.7 Å². The molecule has 0 aliphatic rings. The van der Waals surface area contributed by atoms with Crippen LogP contribution in [0.1, 0.15) is 119 Å². The summed E-state index contributed by atoms with van der Waals surface area (Å²) in [6.45, 7) is 33.0. The van der Waals surface area contributed by atoms with Crippen LogP contribution < -0.4 is 9.47 Å². The Balaban J connectivity index is 0.000000177. The third kappa shape index (κ3) is 11.4. The molecule has 0 aliphatic heterocycles. The molecule has 0 unspecified atom stereocenters. The van der Waals surface area contributed by atoms with Crippen LogP contribution in [0.5, 0.6) is 11.5 Å². The summed E-state index contributed by atoms with van der Waals surface area (Å²) in [5, 5.41) is 13.4. The third-order valence-corrected chi connectivity index (χ3v) is 13.6. The van der Waals surface area contributed by atoms with Crippen molar-refractivity contribution >= 4 is 82.2 Å². The van der Waals surface area contributed by atoms with Gasteiger partial charge in [-0.2, -0.15) is 0 Å². The average Bonchev–Trinajstić information content (AvgIpc) is 4.00. The zero-order chi connectivity index (χ0) is 45.9. The summed E-state index contributed by atoms with van der Waals surface area (Å²) in [5.41, 5.74) is 11.9. The van der Waals surface area contributed by atoms with Gasteiger partial charge in [-0.25, -0.2) is 0 Å². The lowest BCUT2D eigenvalue weighted by Gasteiger charge is -2.19. The van der Waals surface area contributed by atoms with Crippen molar-refractivity contribution in [2.75, 3.05) is 26.8 Å². The van der Waals surface area contributed by atoms with Gasteiger partial charge >= 0.3 is 0 Å². The van der Waals surface area contributed by atoms with E-state index in [-0.39, 0.29) is 28.5 Å². The highest BCUT2D eigenvalue weighted by Gasteiger charge is 2.23. The second kappa shape index (κ2) is 19.5. The minimum absolute atomic E-state index is 0.0956. The molecule has 0 atom stereocenters. The van der Waals surface area contributed by atoms with Gasteiger partial charge in [-0.05, 0) is 122 Å². The molecule has 8 aromatic rings. The highest BCUT2D eigenvalue weighted by molar-refractivity contribution is 9.10. The van der Waals surface area contributed by atoms with Crippen LogP contribution in [0, 0.1) is 0 Å². The topological polar surface area (TPSA) is 57.6 Å². The van der Waals surface area contributed by atoms with Crippen LogP contribution in [-0.4, -0.2) is 36.4 Å². The van der Waals surface area contributed by atoms with Gasteiger partial charge in [0.1, 0.15) is 5.75 Å².